The molecule has 4 heterocycles. The fourth-order valence-corrected chi connectivity index (χ4v) is 4.27. The van der Waals surface area contributed by atoms with Crippen LogP contribution in [0.25, 0.3) is 0 Å². The van der Waals surface area contributed by atoms with Crippen molar-refractivity contribution >= 4 is 23.4 Å². The molecule has 2 aliphatic rings. The Morgan fingerprint density at radius 1 is 1.26 bits per heavy atom. The van der Waals surface area contributed by atoms with Gasteiger partial charge in [0.15, 0.2) is 5.82 Å². The zero-order valence-electron chi connectivity index (χ0n) is 18.8. The second kappa shape index (κ2) is 7.96. The first-order valence-electron chi connectivity index (χ1n) is 10.9. The van der Waals surface area contributed by atoms with Gasteiger partial charge >= 0.3 is 6.18 Å². The number of pyridine rings is 1. The molecule has 12 heteroatoms. The molecule has 2 N–H and O–H groups in total. The molecule has 1 aliphatic carbocycles. The number of carbonyl (C=O) groups excluding carboxylic acids is 1. The lowest BCUT2D eigenvalue weighted by molar-refractivity contribution is -0.141. The van der Waals surface area contributed by atoms with Crippen LogP contribution in [0.3, 0.4) is 0 Å². The van der Waals surface area contributed by atoms with E-state index in [0.717, 1.165) is 30.2 Å². The second-order valence-electron chi connectivity index (χ2n) is 8.62. The van der Waals surface area contributed by atoms with Crippen molar-refractivity contribution in [1.29, 1.82) is 0 Å². The van der Waals surface area contributed by atoms with Gasteiger partial charge in [-0.2, -0.15) is 23.3 Å². The van der Waals surface area contributed by atoms with Gasteiger partial charge in [-0.05, 0) is 38.3 Å². The molecule has 0 bridgehead atoms. The number of hydrogen-bond donors (Lipinski definition) is 2. The summed E-state index contributed by atoms with van der Waals surface area (Å²) in [4.78, 5) is 26.6. The van der Waals surface area contributed by atoms with Crippen LogP contribution in [0.5, 0.6) is 0 Å². The molecule has 34 heavy (non-hydrogen) atoms. The molecule has 0 saturated heterocycles. The van der Waals surface area contributed by atoms with Gasteiger partial charge in [-0.3, -0.25) is 14.5 Å². The predicted octanol–water partition coefficient (Wildman–Crippen LogP) is 3.32. The van der Waals surface area contributed by atoms with Crippen molar-refractivity contribution in [2.75, 3.05) is 22.6 Å². The minimum atomic E-state index is -4.46. The summed E-state index contributed by atoms with van der Waals surface area (Å²) in [7, 11) is 1.83. The number of hydrogen-bond acceptors (Lipinski definition) is 7. The molecule has 0 spiro atoms. The van der Waals surface area contributed by atoms with Crippen LogP contribution in [-0.4, -0.2) is 43.7 Å². The number of aromatic nitrogens is 5. The number of nitrogens with zero attached hydrogens (tertiary/aromatic N) is 6. The first-order valence-corrected chi connectivity index (χ1v) is 10.9. The van der Waals surface area contributed by atoms with Crippen LogP contribution >= 0.6 is 0 Å². The molecule has 0 aromatic carbocycles. The molecule has 0 radical (unpaired) electrons. The molecule has 178 valence electrons. The van der Waals surface area contributed by atoms with E-state index >= 15 is 0 Å². The van der Waals surface area contributed by atoms with E-state index in [2.05, 4.69) is 30.7 Å². The summed E-state index contributed by atoms with van der Waals surface area (Å²) in [5.41, 5.74) is 2.94. The standard InChI is InChI=1S/C22H23F3N8O/c1-11-18-19(32(3)12(2)20(34)29-18)30-21(27-11)28-15-5-6-16-14(15)10-33(31-16)9-13-4-7-17(26-8-13)22(23,24)25/h4,7-8,10,12,15H,5-6,9H2,1-3H3,(H,29,34)(H,27,28,30)/t12-,15-/m0/s1. The van der Waals surface area contributed by atoms with Gasteiger partial charge in [-0.15, -0.1) is 0 Å². The van der Waals surface area contributed by atoms with Crippen LogP contribution in [-0.2, 0) is 23.9 Å². The fourth-order valence-electron chi connectivity index (χ4n) is 4.27. The Bertz CT molecular complexity index is 1250. The molecule has 5 rings (SSSR count). The molecule has 2 atom stereocenters. The molecule has 3 aromatic rings. The van der Waals surface area contributed by atoms with E-state index in [1.807, 2.05) is 32.0 Å². The molecule has 9 nitrogen and oxygen atoms in total. The maximum absolute atomic E-state index is 12.7. The Morgan fingerprint density at radius 3 is 2.76 bits per heavy atom. The Labute approximate surface area is 193 Å². The number of anilines is 3. The number of nitrogens with one attached hydrogen (secondary N) is 2. The number of halogens is 3. The molecule has 0 saturated carbocycles. The van der Waals surface area contributed by atoms with Crippen LogP contribution in [0.15, 0.2) is 24.5 Å². The second-order valence-corrected chi connectivity index (χ2v) is 8.62. The lowest BCUT2D eigenvalue weighted by Crippen LogP contribution is -2.44. The normalized spacial score (nSPS) is 19.6. The van der Waals surface area contributed by atoms with Gasteiger partial charge in [0, 0.05) is 25.0 Å². The number of aryl methyl sites for hydroxylation is 2. The lowest BCUT2D eigenvalue weighted by atomic mass is 10.1. The van der Waals surface area contributed by atoms with Gasteiger partial charge in [0.25, 0.3) is 0 Å². The first kappa shape index (κ1) is 22.1. The minimum absolute atomic E-state index is 0.0483. The number of likely N-dealkylation sites (N-methyl/N-ethyl adjacent to an activating group) is 1. The van der Waals surface area contributed by atoms with Crippen LogP contribution in [0, 0.1) is 6.92 Å². The Morgan fingerprint density at radius 2 is 2.06 bits per heavy atom. The molecular formula is C22H23F3N8O. The monoisotopic (exact) mass is 472 g/mol. The van der Waals surface area contributed by atoms with E-state index in [1.54, 1.807) is 4.68 Å². The lowest BCUT2D eigenvalue weighted by Gasteiger charge is -2.32. The SMILES string of the molecule is Cc1nc(N[C@H]2CCc3nn(Cc4ccc(C(F)(F)F)nc4)cc32)nc2c1NC(=O)[C@H](C)N2C. The van der Waals surface area contributed by atoms with Gasteiger partial charge in [-0.25, -0.2) is 4.98 Å². The quantitative estimate of drug-likeness (QED) is 0.601. The van der Waals surface area contributed by atoms with E-state index in [1.165, 1.54) is 12.3 Å². The van der Waals surface area contributed by atoms with Crippen LogP contribution < -0.4 is 15.5 Å². The van der Waals surface area contributed by atoms with Gasteiger partial charge < -0.3 is 15.5 Å². The summed E-state index contributed by atoms with van der Waals surface area (Å²) >= 11 is 0. The number of fused-ring (bicyclic) bond motifs is 2. The van der Waals surface area contributed by atoms with E-state index in [4.69, 9.17) is 0 Å². The Balaban J connectivity index is 1.33. The molecule has 3 aromatic heterocycles. The third kappa shape index (κ3) is 3.93. The third-order valence-corrected chi connectivity index (χ3v) is 6.29. The highest BCUT2D eigenvalue weighted by Gasteiger charge is 2.33. The van der Waals surface area contributed by atoms with Crippen molar-refractivity contribution < 1.29 is 18.0 Å². The van der Waals surface area contributed by atoms with Crippen molar-refractivity contribution in [3.05, 3.63) is 52.7 Å². The molecule has 0 unspecified atom stereocenters. The highest BCUT2D eigenvalue weighted by molar-refractivity contribution is 6.03. The van der Waals surface area contributed by atoms with Gasteiger partial charge in [0.1, 0.15) is 17.4 Å². The summed E-state index contributed by atoms with van der Waals surface area (Å²) in [6, 6.07) is 2.00. The average molecular weight is 472 g/mol. The predicted molar refractivity (Wildman–Crippen MR) is 119 cm³/mol. The van der Waals surface area contributed by atoms with Crippen molar-refractivity contribution in [1.82, 2.24) is 24.7 Å². The number of alkyl halides is 3. The summed E-state index contributed by atoms with van der Waals surface area (Å²) in [5, 5.41) is 10.8. The fraction of sp³-hybridized carbons (Fsp3) is 0.409. The van der Waals surface area contributed by atoms with Crippen LogP contribution in [0.4, 0.5) is 30.6 Å². The Hall–Kier alpha value is -3.70. The summed E-state index contributed by atoms with van der Waals surface area (Å²) in [6.07, 6.45) is 0.257. The largest absolute Gasteiger partial charge is 0.433 e. The van der Waals surface area contributed by atoms with Gasteiger partial charge in [0.05, 0.1) is 24.0 Å². The van der Waals surface area contributed by atoms with E-state index < -0.39 is 11.9 Å². The summed E-state index contributed by atoms with van der Waals surface area (Å²) in [5.74, 6) is 1.02. The Kier molecular flexibility index (Phi) is 5.18. The average Bonchev–Trinajstić information content (AvgIpc) is 3.34. The molecule has 1 amide bonds. The van der Waals surface area contributed by atoms with Gasteiger partial charge in [0.2, 0.25) is 11.9 Å². The van der Waals surface area contributed by atoms with E-state index in [-0.39, 0.29) is 18.0 Å². The third-order valence-electron chi connectivity index (χ3n) is 6.29. The van der Waals surface area contributed by atoms with E-state index in [0.29, 0.717) is 35.3 Å². The topological polar surface area (TPSA) is 101 Å². The maximum Gasteiger partial charge on any atom is 0.433 e. The zero-order chi connectivity index (χ0) is 24.2. The van der Waals surface area contributed by atoms with Crippen molar-refractivity contribution in [2.24, 2.45) is 0 Å². The zero-order valence-corrected chi connectivity index (χ0v) is 18.8. The van der Waals surface area contributed by atoms with Crippen LogP contribution in [0.1, 0.15) is 47.6 Å². The summed E-state index contributed by atoms with van der Waals surface area (Å²) < 4.78 is 39.9. The molecule has 1 aliphatic heterocycles. The molecule has 0 fully saturated rings. The highest BCUT2D eigenvalue weighted by atomic mass is 19.4. The van der Waals surface area contributed by atoms with Gasteiger partial charge in [-0.1, -0.05) is 6.07 Å². The maximum atomic E-state index is 12.7. The number of rotatable bonds is 4. The molecular weight excluding hydrogens is 449 g/mol. The van der Waals surface area contributed by atoms with Crippen molar-refractivity contribution in [2.45, 2.75) is 51.5 Å². The van der Waals surface area contributed by atoms with Crippen molar-refractivity contribution in [3.8, 4) is 0 Å². The van der Waals surface area contributed by atoms with Crippen LogP contribution in [0.2, 0.25) is 0 Å². The number of carbonyl (C=O) groups is 1. The summed E-state index contributed by atoms with van der Waals surface area (Å²) in [6.45, 7) is 3.96. The highest BCUT2D eigenvalue weighted by Crippen LogP contribution is 2.36. The van der Waals surface area contributed by atoms with E-state index in [9.17, 15) is 18.0 Å². The first-order chi connectivity index (χ1) is 16.1. The minimum Gasteiger partial charge on any atom is -0.347 e. The smallest absolute Gasteiger partial charge is 0.347 e. The van der Waals surface area contributed by atoms with Crippen molar-refractivity contribution in [3.63, 3.8) is 0 Å². The number of amides is 1.